The van der Waals surface area contributed by atoms with E-state index in [1.165, 1.54) is 0 Å². The van der Waals surface area contributed by atoms with Crippen LogP contribution in [0.25, 0.3) is 0 Å². The van der Waals surface area contributed by atoms with Crippen molar-refractivity contribution in [2.24, 2.45) is 12.0 Å². The molecule has 1 saturated heterocycles. The van der Waals surface area contributed by atoms with Gasteiger partial charge in [-0.05, 0) is 31.5 Å². The molecule has 2 aromatic rings. The highest BCUT2D eigenvalue weighted by molar-refractivity contribution is 6.18. The molecule has 2 aliphatic rings. The molecule has 0 N–H and O–H groups in total. The minimum absolute atomic E-state index is 0.00678. The average Bonchev–Trinajstić information content (AvgIpc) is 3.11. The maximum atomic E-state index is 12.9. The summed E-state index contributed by atoms with van der Waals surface area (Å²) in [6.07, 6.45) is 1.65. The van der Waals surface area contributed by atoms with Crippen molar-refractivity contribution in [3.63, 3.8) is 0 Å². The molecule has 0 bridgehead atoms. The molecule has 1 aromatic heterocycles. The SMILES string of the molecule is CCCc1c2c(nn1C)C(=O)[N]C(c1cc(C(=O)CN3CCOCC3)ccc1OCC)=N2. The molecule has 9 nitrogen and oxygen atoms in total. The van der Waals surface area contributed by atoms with Gasteiger partial charge in [-0.2, -0.15) is 10.4 Å². The molecule has 1 amide bonds. The number of ether oxygens (including phenoxy) is 2. The van der Waals surface area contributed by atoms with Gasteiger partial charge in [0.1, 0.15) is 11.4 Å². The molecule has 3 heterocycles. The molecular formula is C23H28N5O4. The van der Waals surface area contributed by atoms with E-state index in [1.54, 1.807) is 22.9 Å². The highest BCUT2D eigenvalue weighted by Crippen LogP contribution is 2.31. The Labute approximate surface area is 187 Å². The molecule has 0 saturated carbocycles. The molecular weight excluding hydrogens is 410 g/mol. The van der Waals surface area contributed by atoms with E-state index < -0.39 is 5.91 Å². The lowest BCUT2D eigenvalue weighted by atomic mass is 10.0. The number of amidine groups is 1. The number of hydrogen-bond donors (Lipinski definition) is 0. The van der Waals surface area contributed by atoms with E-state index in [0.29, 0.717) is 48.9 Å². The summed E-state index contributed by atoms with van der Waals surface area (Å²) in [6.45, 7) is 7.43. The second-order valence-electron chi connectivity index (χ2n) is 7.83. The van der Waals surface area contributed by atoms with Gasteiger partial charge in [0, 0.05) is 25.7 Å². The second-order valence-corrected chi connectivity index (χ2v) is 7.83. The number of aliphatic imine (C=N–C) groups is 1. The van der Waals surface area contributed by atoms with Crippen LogP contribution in [0.5, 0.6) is 5.75 Å². The smallest absolute Gasteiger partial charge is 0.301 e. The Hall–Kier alpha value is -3.04. The van der Waals surface area contributed by atoms with Crippen LogP contribution in [0.2, 0.25) is 0 Å². The van der Waals surface area contributed by atoms with Crippen molar-refractivity contribution in [2.45, 2.75) is 26.7 Å². The number of benzene rings is 1. The van der Waals surface area contributed by atoms with E-state index >= 15 is 0 Å². The van der Waals surface area contributed by atoms with Crippen molar-refractivity contribution in [3.05, 3.63) is 40.7 Å². The topological polar surface area (TPSA) is 100 Å². The Morgan fingerprint density at radius 3 is 2.72 bits per heavy atom. The molecule has 0 aliphatic carbocycles. The Kier molecular flexibility index (Phi) is 6.66. The normalized spacial score (nSPS) is 16.3. The van der Waals surface area contributed by atoms with Gasteiger partial charge in [0.15, 0.2) is 17.3 Å². The zero-order valence-corrected chi connectivity index (χ0v) is 18.8. The maximum absolute atomic E-state index is 12.9. The number of hydrogen-bond acceptors (Lipinski definition) is 7. The monoisotopic (exact) mass is 438 g/mol. The maximum Gasteiger partial charge on any atom is 0.301 e. The van der Waals surface area contributed by atoms with E-state index in [2.05, 4.69) is 22.2 Å². The Morgan fingerprint density at radius 2 is 2.00 bits per heavy atom. The van der Waals surface area contributed by atoms with Crippen LogP contribution in [-0.4, -0.2) is 71.7 Å². The number of aromatic nitrogens is 2. The third-order valence-corrected chi connectivity index (χ3v) is 5.57. The van der Waals surface area contributed by atoms with E-state index in [9.17, 15) is 9.59 Å². The van der Waals surface area contributed by atoms with Crippen molar-refractivity contribution in [2.75, 3.05) is 39.5 Å². The summed E-state index contributed by atoms with van der Waals surface area (Å²) in [5, 5.41) is 8.50. The van der Waals surface area contributed by atoms with Gasteiger partial charge in [-0.25, -0.2) is 4.99 Å². The number of fused-ring (bicyclic) bond motifs is 1. The summed E-state index contributed by atoms with van der Waals surface area (Å²) in [7, 11) is 1.81. The van der Waals surface area contributed by atoms with Gasteiger partial charge in [0.05, 0.1) is 37.6 Å². The number of carbonyl (C=O) groups excluding carboxylic acids is 2. The predicted molar refractivity (Wildman–Crippen MR) is 119 cm³/mol. The van der Waals surface area contributed by atoms with Crippen molar-refractivity contribution >= 4 is 23.2 Å². The number of carbonyl (C=O) groups is 2. The predicted octanol–water partition coefficient (Wildman–Crippen LogP) is 2.12. The third kappa shape index (κ3) is 4.44. The minimum Gasteiger partial charge on any atom is -0.493 e. The fraction of sp³-hybridized carbons (Fsp3) is 0.478. The first kappa shape index (κ1) is 22.2. The van der Waals surface area contributed by atoms with Gasteiger partial charge >= 0.3 is 5.91 Å². The average molecular weight is 439 g/mol. The molecule has 169 valence electrons. The molecule has 2 aliphatic heterocycles. The lowest BCUT2D eigenvalue weighted by Crippen LogP contribution is -2.39. The van der Waals surface area contributed by atoms with E-state index in [4.69, 9.17) is 14.5 Å². The van der Waals surface area contributed by atoms with Crippen LogP contribution in [0.15, 0.2) is 23.2 Å². The molecule has 0 spiro atoms. The van der Waals surface area contributed by atoms with Gasteiger partial charge in [-0.1, -0.05) is 13.3 Å². The van der Waals surface area contributed by atoms with Crippen LogP contribution in [-0.2, 0) is 18.2 Å². The van der Waals surface area contributed by atoms with Gasteiger partial charge in [0.25, 0.3) is 0 Å². The summed E-state index contributed by atoms with van der Waals surface area (Å²) in [5.41, 5.74) is 2.77. The highest BCUT2D eigenvalue weighted by atomic mass is 16.5. The van der Waals surface area contributed by atoms with Crippen LogP contribution in [0.1, 0.15) is 52.4 Å². The Morgan fingerprint density at radius 1 is 1.22 bits per heavy atom. The van der Waals surface area contributed by atoms with Gasteiger partial charge in [-0.15, -0.1) is 0 Å². The summed E-state index contributed by atoms with van der Waals surface area (Å²) in [6, 6.07) is 5.23. The van der Waals surface area contributed by atoms with Crippen LogP contribution in [0.4, 0.5) is 5.69 Å². The van der Waals surface area contributed by atoms with Crippen LogP contribution in [0, 0.1) is 0 Å². The standard InChI is InChI=1S/C23H28N5O4/c1-4-6-17-20-21(26-27(17)3)23(30)25-22(24-20)16-13-15(7-8-19(16)32-5-2)18(29)14-28-9-11-31-12-10-28/h7-8,13H,4-6,9-12,14H2,1-3H3. The zero-order valence-electron chi connectivity index (χ0n) is 18.8. The number of Topliss-reactive ketones (excluding diaryl/α,β-unsaturated/α-hetero) is 1. The molecule has 1 fully saturated rings. The molecule has 1 radical (unpaired) electrons. The van der Waals surface area contributed by atoms with E-state index in [1.807, 2.05) is 14.0 Å². The molecule has 1 aromatic carbocycles. The number of amides is 1. The fourth-order valence-electron chi connectivity index (χ4n) is 3.94. The first-order chi connectivity index (χ1) is 15.5. The number of nitrogens with zero attached hydrogens (tertiary/aromatic N) is 5. The number of aryl methyl sites for hydroxylation is 1. The van der Waals surface area contributed by atoms with E-state index in [-0.39, 0.29) is 17.3 Å². The zero-order chi connectivity index (χ0) is 22.7. The number of morpholine rings is 1. The van der Waals surface area contributed by atoms with Crippen LogP contribution >= 0.6 is 0 Å². The van der Waals surface area contributed by atoms with Gasteiger partial charge < -0.3 is 9.47 Å². The quantitative estimate of drug-likeness (QED) is 0.586. The molecule has 0 atom stereocenters. The van der Waals surface area contributed by atoms with Crippen molar-refractivity contribution < 1.29 is 19.1 Å². The van der Waals surface area contributed by atoms with Crippen molar-refractivity contribution in [1.82, 2.24) is 20.0 Å². The second kappa shape index (κ2) is 9.62. The van der Waals surface area contributed by atoms with Gasteiger partial charge in [0.2, 0.25) is 0 Å². The van der Waals surface area contributed by atoms with Crippen LogP contribution in [0.3, 0.4) is 0 Å². The summed E-state index contributed by atoms with van der Waals surface area (Å²) in [5.74, 6) is 0.343. The summed E-state index contributed by atoms with van der Waals surface area (Å²) >= 11 is 0. The molecule has 9 heteroatoms. The summed E-state index contributed by atoms with van der Waals surface area (Å²) < 4.78 is 12.8. The first-order valence-electron chi connectivity index (χ1n) is 11.0. The summed E-state index contributed by atoms with van der Waals surface area (Å²) in [4.78, 5) is 32.5. The van der Waals surface area contributed by atoms with Crippen molar-refractivity contribution in [3.8, 4) is 5.75 Å². The Balaban J connectivity index is 1.70. The third-order valence-electron chi connectivity index (χ3n) is 5.57. The molecule has 32 heavy (non-hydrogen) atoms. The minimum atomic E-state index is -0.435. The van der Waals surface area contributed by atoms with Gasteiger partial charge in [-0.3, -0.25) is 19.2 Å². The largest absolute Gasteiger partial charge is 0.493 e. The fourth-order valence-corrected chi connectivity index (χ4v) is 3.94. The lowest BCUT2D eigenvalue weighted by Gasteiger charge is -2.25. The lowest BCUT2D eigenvalue weighted by molar-refractivity contribution is 0.0371. The highest BCUT2D eigenvalue weighted by Gasteiger charge is 2.30. The molecule has 4 rings (SSSR count). The Bertz CT molecular complexity index is 1050. The first-order valence-corrected chi connectivity index (χ1v) is 11.0. The van der Waals surface area contributed by atoms with Crippen molar-refractivity contribution in [1.29, 1.82) is 0 Å². The van der Waals surface area contributed by atoms with E-state index in [0.717, 1.165) is 31.6 Å². The molecule has 0 unspecified atom stereocenters. The number of rotatable bonds is 8. The van der Waals surface area contributed by atoms with Crippen LogP contribution < -0.4 is 10.1 Å². The number of ketones is 1.